The van der Waals surface area contributed by atoms with Crippen LogP contribution in [0.4, 0.5) is 52.7 Å². The van der Waals surface area contributed by atoms with Crippen LogP contribution in [0.25, 0.3) is 0 Å². The van der Waals surface area contributed by atoms with Gasteiger partial charge in [0.05, 0.1) is 0 Å². The molecule has 0 aliphatic carbocycles. The molecule has 0 fully saturated rings. The van der Waals surface area contributed by atoms with Crippen LogP contribution in [-0.2, 0) is 20.0 Å². The molecule has 152 valence electrons. The molecule has 0 saturated carbocycles. The van der Waals surface area contributed by atoms with E-state index in [4.69, 9.17) is 0 Å². The van der Waals surface area contributed by atoms with E-state index in [0.29, 0.717) is 0 Å². The van der Waals surface area contributed by atoms with E-state index in [1.807, 2.05) is 0 Å². The lowest BCUT2D eigenvalue weighted by Crippen LogP contribution is -2.58. The van der Waals surface area contributed by atoms with E-state index >= 15 is 0 Å². The standard InChI is InChI=1S/C6H3F12NO4S2/c7-3(8,9)1(4(10,11)12)24(20,21)19-25(22,23)2(5(13,14)15)6(16,17)18/h1-2,19H. The van der Waals surface area contributed by atoms with E-state index in [9.17, 15) is 69.5 Å². The molecular formula is C6H3F12NO4S2. The summed E-state index contributed by atoms with van der Waals surface area (Å²) in [5, 5.41) is -11.2. The fourth-order valence-electron chi connectivity index (χ4n) is 1.33. The van der Waals surface area contributed by atoms with Crippen LogP contribution < -0.4 is 4.13 Å². The molecule has 0 radical (unpaired) electrons. The first-order valence-electron chi connectivity index (χ1n) is 4.97. The predicted octanol–water partition coefficient (Wildman–Crippen LogP) is 2.22. The molecule has 0 aliphatic heterocycles. The second-order valence-electron chi connectivity index (χ2n) is 4.10. The molecule has 0 aromatic rings. The topological polar surface area (TPSA) is 80.3 Å². The van der Waals surface area contributed by atoms with Crippen molar-refractivity contribution in [3.63, 3.8) is 0 Å². The maximum atomic E-state index is 12.2. The molecule has 0 bridgehead atoms. The lowest BCUT2D eigenvalue weighted by atomic mass is 10.4. The van der Waals surface area contributed by atoms with Crippen molar-refractivity contribution in [2.75, 3.05) is 0 Å². The van der Waals surface area contributed by atoms with E-state index in [-0.39, 0.29) is 0 Å². The van der Waals surface area contributed by atoms with Crippen LogP contribution in [0.3, 0.4) is 0 Å². The van der Waals surface area contributed by atoms with Gasteiger partial charge in [-0.2, -0.15) is 52.7 Å². The molecule has 25 heavy (non-hydrogen) atoms. The quantitative estimate of drug-likeness (QED) is 0.674. The Balaban J connectivity index is 6.27. The SMILES string of the molecule is O=S(=O)(NS(=O)(=O)C(C(F)(F)F)C(F)(F)F)C(C(F)(F)F)C(F)(F)F. The fraction of sp³-hybridized carbons (Fsp3) is 1.00. The van der Waals surface area contributed by atoms with Crippen molar-refractivity contribution >= 4 is 20.0 Å². The first-order chi connectivity index (χ1) is 10.4. The first-order valence-corrected chi connectivity index (χ1v) is 8.06. The number of halogens is 12. The largest absolute Gasteiger partial charge is 0.415 e. The van der Waals surface area contributed by atoms with Crippen molar-refractivity contribution in [1.82, 2.24) is 4.13 Å². The molecule has 0 spiro atoms. The van der Waals surface area contributed by atoms with E-state index < -0.39 is 59.4 Å². The van der Waals surface area contributed by atoms with E-state index in [1.54, 1.807) is 0 Å². The molecule has 1 N–H and O–H groups in total. The summed E-state index contributed by atoms with van der Waals surface area (Å²) in [6, 6.07) is 0. The molecule has 0 amide bonds. The van der Waals surface area contributed by atoms with Crippen LogP contribution in [0.1, 0.15) is 0 Å². The molecule has 0 saturated heterocycles. The lowest BCUT2D eigenvalue weighted by molar-refractivity contribution is -0.227. The van der Waals surface area contributed by atoms with Crippen molar-refractivity contribution in [2.45, 2.75) is 35.2 Å². The minimum absolute atomic E-state index is 0.777. The summed E-state index contributed by atoms with van der Waals surface area (Å²) in [6.45, 7) is 0. The average molecular weight is 445 g/mol. The number of alkyl halides is 12. The van der Waals surface area contributed by atoms with Gasteiger partial charge in [-0.05, 0) is 0 Å². The number of sulfonamides is 2. The summed E-state index contributed by atoms with van der Waals surface area (Å²) in [4.78, 5) is 0. The van der Waals surface area contributed by atoms with Gasteiger partial charge in [0.1, 0.15) is 0 Å². The number of hydrogen-bond acceptors (Lipinski definition) is 4. The van der Waals surface area contributed by atoms with Crippen LogP contribution in [0.15, 0.2) is 0 Å². The molecule has 0 atom stereocenters. The Hall–Kier alpha value is -0.980. The van der Waals surface area contributed by atoms with Gasteiger partial charge >= 0.3 is 24.7 Å². The van der Waals surface area contributed by atoms with Crippen molar-refractivity contribution in [1.29, 1.82) is 0 Å². The van der Waals surface area contributed by atoms with Gasteiger partial charge in [-0.3, -0.25) is 0 Å². The normalized spacial score (nSPS) is 15.9. The van der Waals surface area contributed by atoms with Crippen LogP contribution in [0.5, 0.6) is 0 Å². The Morgan fingerprint density at radius 1 is 0.480 bits per heavy atom. The lowest BCUT2D eigenvalue weighted by Gasteiger charge is -2.26. The summed E-state index contributed by atoms with van der Waals surface area (Å²) in [7, 11) is -14.7. The number of nitrogens with one attached hydrogen (secondary N) is 1. The minimum atomic E-state index is -7.35. The Labute approximate surface area is 130 Å². The van der Waals surface area contributed by atoms with Gasteiger partial charge in [0, 0.05) is 0 Å². The molecule has 0 aromatic carbocycles. The van der Waals surface area contributed by atoms with Crippen LogP contribution in [0.2, 0.25) is 0 Å². The highest BCUT2D eigenvalue weighted by molar-refractivity contribution is 8.05. The number of rotatable bonds is 4. The highest BCUT2D eigenvalue weighted by atomic mass is 32.3. The third kappa shape index (κ3) is 6.04. The maximum absolute atomic E-state index is 12.2. The van der Waals surface area contributed by atoms with Gasteiger partial charge in [-0.15, -0.1) is 4.13 Å². The molecule has 0 aliphatic rings. The third-order valence-corrected chi connectivity index (χ3v) is 6.21. The van der Waals surface area contributed by atoms with Crippen LogP contribution >= 0.6 is 0 Å². The minimum Gasteiger partial charge on any atom is -0.210 e. The van der Waals surface area contributed by atoms with Gasteiger partial charge in [0.2, 0.25) is 20.0 Å². The summed E-state index contributed by atoms with van der Waals surface area (Å²) >= 11 is 0. The summed E-state index contributed by atoms with van der Waals surface area (Å²) in [6.07, 6.45) is -27.2. The van der Waals surface area contributed by atoms with Crippen molar-refractivity contribution < 1.29 is 69.5 Å². The van der Waals surface area contributed by atoms with Gasteiger partial charge < -0.3 is 0 Å². The highest BCUT2D eigenvalue weighted by Gasteiger charge is 2.69. The van der Waals surface area contributed by atoms with Crippen molar-refractivity contribution in [2.24, 2.45) is 0 Å². The van der Waals surface area contributed by atoms with Crippen LogP contribution in [-0.4, -0.2) is 52.0 Å². The molecule has 0 heterocycles. The average Bonchev–Trinajstić information content (AvgIpc) is 1.98. The molecule has 0 rings (SSSR count). The predicted molar refractivity (Wildman–Crippen MR) is 52.8 cm³/mol. The van der Waals surface area contributed by atoms with E-state index in [0.717, 1.165) is 0 Å². The van der Waals surface area contributed by atoms with Gasteiger partial charge in [-0.25, -0.2) is 16.8 Å². The Kier molecular flexibility index (Phi) is 6.07. The monoisotopic (exact) mass is 445 g/mol. The Bertz CT molecular complexity index is 593. The second-order valence-corrected chi connectivity index (χ2v) is 7.89. The molecule has 5 nitrogen and oxygen atoms in total. The zero-order valence-electron chi connectivity index (χ0n) is 10.6. The first kappa shape index (κ1) is 24.0. The van der Waals surface area contributed by atoms with Gasteiger partial charge in [0.25, 0.3) is 10.5 Å². The second kappa shape index (κ2) is 6.32. The molecular weight excluding hydrogens is 442 g/mol. The summed E-state index contributed by atoms with van der Waals surface area (Å²) in [5.41, 5.74) is 0. The van der Waals surface area contributed by atoms with Crippen molar-refractivity contribution in [3.8, 4) is 0 Å². The Morgan fingerprint density at radius 2 is 0.640 bits per heavy atom. The van der Waals surface area contributed by atoms with E-state index in [2.05, 4.69) is 0 Å². The van der Waals surface area contributed by atoms with Gasteiger partial charge in [-0.1, -0.05) is 0 Å². The zero-order valence-corrected chi connectivity index (χ0v) is 12.3. The smallest absolute Gasteiger partial charge is 0.210 e. The third-order valence-electron chi connectivity index (χ3n) is 2.04. The van der Waals surface area contributed by atoms with Crippen LogP contribution in [0, 0.1) is 0 Å². The summed E-state index contributed by atoms with van der Waals surface area (Å²) < 4.78 is 189. The molecule has 0 aromatic heterocycles. The zero-order chi connectivity index (χ0) is 20.9. The van der Waals surface area contributed by atoms with E-state index in [1.165, 1.54) is 0 Å². The summed E-state index contributed by atoms with van der Waals surface area (Å²) in [5.74, 6) is 0. The maximum Gasteiger partial charge on any atom is 0.415 e. The molecule has 0 unspecified atom stereocenters. The molecule has 19 heteroatoms. The van der Waals surface area contributed by atoms with Crippen molar-refractivity contribution in [3.05, 3.63) is 0 Å². The Morgan fingerprint density at radius 3 is 0.760 bits per heavy atom. The highest BCUT2D eigenvalue weighted by Crippen LogP contribution is 2.41. The number of hydrogen-bond donors (Lipinski definition) is 1. The van der Waals surface area contributed by atoms with Gasteiger partial charge in [0.15, 0.2) is 0 Å². The fourth-order valence-corrected chi connectivity index (χ4v) is 4.81.